The molecule has 0 heterocycles. The Labute approximate surface area is 121 Å². The summed E-state index contributed by atoms with van der Waals surface area (Å²) in [5.41, 5.74) is 6.92. The van der Waals surface area contributed by atoms with Crippen molar-refractivity contribution in [3.05, 3.63) is 35.9 Å². The third-order valence-electron chi connectivity index (χ3n) is 4.08. The summed E-state index contributed by atoms with van der Waals surface area (Å²) >= 11 is 0. The number of rotatable bonds is 6. The van der Waals surface area contributed by atoms with E-state index in [4.69, 9.17) is 5.73 Å². The maximum absolute atomic E-state index is 11.9. The molecule has 1 aliphatic rings. The van der Waals surface area contributed by atoms with Crippen LogP contribution in [0.4, 0.5) is 0 Å². The zero-order valence-corrected chi connectivity index (χ0v) is 12.8. The molecule has 0 aromatic heterocycles. The second kappa shape index (κ2) is 6.70. The molecular weight excluding hydrogens is 272 g/mol. The van der Waals surface area contributed by atoms with Crippen LogP contribution in [-0.2, 0) is 16.4 Å². The van der Waals surface area contributed by atoms with Gasteiger partial charge in [-0.15, -0.1) is 0 Å². The first-order chi connectivity index (χ1) is 9.52. The van der Waals surface area contributed by atoms with E-state index in [2.05, 4.69) is 17.0 Å². The summed E-state index contributed by atoms with van der Waals surface area (Å²) in [5, 5.41) is -0.238. The van der Waals surface area contributed by atoms with Gasteiger partial charge in [-0.3, -0.25) is 4.90 Å². The van der Waals surface area contributed by atoms with E-state index in [0.29, 0.717) is 6.54 Å². The van der Waals surface area contributed by atoms with Crippen molar-refractivity contribution >= 4 is 9.84 Å². The van der Waals surface area contributed by atoms with Crippen molar-refractivity contribution in [3.63, 3.8) is 0 Å². The SMILES string of the molecule is CS(=O)(=O)C1CCCC1N(CCN)Cc1ccccc1. The zero-order chi connectivity index (χ0) is 14.6. The lowest BCUT2D eigenvalue weighted by Crippen LogP contribution is -2.45. The molecule has 2 unspecified atom stereocenters. The van der Waals surface area contributed by atoms with Crippen LogP contribution in [0.1, 0.15) is 24.8 Å². The summed E-state index contributed by atoms with van der Waals surface area (Å²) in [6, 6.07) is 10.3. The molecule has 20 heavy (non-hydrogen) atoms. The van der Waals surface area contributed by atoms with Crippen LogP contribution in [0.5, 0.6) is 0 Å². The van der Waals surface area contributed by atoms with Gasteiger partial charge in [0, 0.05) is 31.9 Å². The van der Waals surface area contributed by atoms with Gasteiger partial charge in [0.05, 0.1) is 5.25 Å². The third-order valence-corrected chi connectivity index (χ3v) is 5.73. The fraction of sp³-hybridized carbons (Fsp3) is 0.600. The number of benzene rings is 1. The van der Waals surface area contributed by atoms with Crippen LogP contribution in [-0.4, -0.2) is 44.0 Å². The maximum Gasteiger partial charge on any atom is 0.151 e. The minimum absolute atomic E-state index is 0.105. The van der Waals surface area contributed by atoms with E-state index in [-0.39, 0.29) is 11.3 Å². The summed E-state index contributed by atoms with van der Waals surface area (Å²) in [6.07, 6.45) is 4.07. The lowest BCUT2D eigenvalue weighted by Gasteiger charge is -2.32. The van der Waals surface area contributed by atoms with Crippen molar-refractivity contribution in [1.29, 1.82) is 0 Å². The van der Waals surface area contributed by atoms with E-state index in [1.807, 2.05) is 18.2 Å². The largest absolute Gasteiger partial charge is 0.329 e. The Balaban J connectivity index is 2.15. The van der Waals surface area contributed by atoms with Crippen LogP contribution in [0.2, 0.25) is 0 Å². The van der Waals surface area contributed by atoms with E-state index < -0.39 is 9.84 Å². The van der Waals surface area contributed by atoms with Crippen LogP contribution < -0.4 is 5.73 Å². The highest BCUT2D eigenvalue weighted by Crippen LogP contribution is 2.30. The van der Waals surface area contributed by atoms with Crippen LogP contribution in [0.15, 0.2) is 30.3 Å². The molecule has 2 rings (SSSR count). The van der Waals surface area contributed by atoms with Crippen molar-refractivity contribution in [2.75, 3.05) is 19.3 Å². The average Bonchev–Trinajstić information content (AvgIpc) is 2.88. The van der Waals surface area contributed by atoms with Crippen LogP contribution in [0.3, 0.4) is 0 Å². The van der Waals surface area contributed by atoms with Gasteiger partial charge >= 0.3 is 0 Å². The van der Waals surface area contributed by atoms with Gasteiger partial charge in [0.25, 0.3) is 0 Å². The highest BCUT2D eigenvalue weighted by atomic mass is 32.2. The molecule has 5 heteroatoms. The average molecular weight is 296 g/mol. The molecule has 0 aliphatic heterocycles. The molecule has 4 nitrogen and oxygen atoms in total. The molecule has 0 bridgehead atoms. The van der Waals surface area contributed by atoms with E-state index in [1.165, 1.54) is 11.8 Å². The van der Waals surface area contributed by atoms with Gasteiger partial charge in [-0.25, -0.2) is 8.42 Å². The zero-order valence-electron chi connectivity index (χ0n) is 12.0. The van der Waals surface area contributed by atoms with Crippen LogP contribution in [0.25, 0.3) is 0 Å². The molecule has 1 aromatic carbocycles. The highest BCUT2D eigenvalue weighted by molar-refractivity contribution is 7.91. The Bertz CT molecular complexity index is 516. The summed E-state index contributed by atoms with van der Waals surface area (Å²) < 4.78 is 23.9. The molecule has 2 atom stereocenters. The second-order valence-corrected chi connectivity index (χ2v) is 7.88. The predicted octanol–water partition coefficient (Wildman–Crippen LogP) is 1.41. The van der Waals surface area contributed by atoms with E-state index >= 15 is 0 Å². The highest BCUT2D eigenvalue weighted by Gasteiger charge is 2.37. The minimum atomic E-state index is -2.99. The first kappa shape index (κ1) is 15.5. The van der Waals surface area contributed by atoms with Gasteiger partial charge in [-0.05, 0) is 18.4 Å². The van der Waals surface area contributed by atoms with Gasteiger partial charge < -0.3 is 5.73 Å². The van der Waals surface area contributed by atoms with E-state index in [9.17, 15) is 8.42 Å². The monoisotopic (exact) mass is 296 g/mol. The number of nitrogens with two attached hydrogens (primary N) is 1. The van der Waals surface area contributed by atoms with Crippen molar-refractivity contribution in [3.8, 4) is 0 Å². The first-order valence-electron chi connectivity index (χ1n) is 7.19. The van der Waals surface area contributed by atoms with Gasteiger partial charge in [-0.1, -0.05) is 36.8 Å². The van der Waals surface area contributed by atoms with Crippen molar-refractivity contribution in [2.45, 2.75) is 37.1 Å². The Morgan fingerprint density at radius 3 is 2.55 bits per heavy atom. The molecule has 0 spiro atoms. The Morgan fingerprint density at radius 2 is 1.95 bits per heavy atom. The Morgan fingerprint density at radius 1 is 1.25 bits per heavy atom. The van der Waals surface area contributed by atoms with Gasteiger partial charge in [0.2, 0.25) is 0 Å². The van der Waals surface area contributed by atoms with Crippen molar-refractivity contribution in [2.24, 2.45) is 5.73 Å². The molecule has 2 N–H and O–H groups in total. The lowest BCUT2D eigenvalue weighted by molar-refractivity contribution is 0.197. The molecule has 0 amide bonds. The number of nitrogens with zero attached hydrogens (tertiary/aromatic N) is 1. The lowest BCUT2D eigenvalue weighted by atomic mass is 10.1. The molecular formula is C15H24N2O2S. The molecule has 1 saturated carbocycles. The molecule has 1 fully saturated rings. The smallest absolute Gasteiger partial charge is 0.151 e. The van der Waals surface area contributed by atoms with E-state index in [0.717, 1.165) is 32.4 Å². The summed E-state index contributed by atoms with van der Waals surface area (Å²) in [6.45, 7) is 2.07. The Hall–Kier alpha value is -0.910. The summed E-state index contributed by atoms with van der Waals surface area (Å²) in [7, 11) is -2.99. The van der Waals surface area contributed by atoms with Gasteiger partial charge in [-0.2, -0.15) is 0 Å². The maximum atomic E-state index is 11.9. The van der Waals surface area contributed by atoms with Crippen molar-refractivity contribution in [1.82, 2.24) is 4.90 Å². The predicted molar refractivity (Wildman–Crippen MR) is 82.2 cm³/mol. The molecule has 112 valence electrons. The quantitative estimate of drug-likeness (QED) is 0.862. The van der Waals surface area contributed by atoms with Gasteiger partial charge in [0.1, 0.15) is 0 Å². The normalized spacial score (nSPS) is 23.4. The van der Waals surface area contributed by atoms with Crippen LogP contribution in [0, 0.1) is 0 Å². The summed E-state index contributed by atoms with van der Waals surface area (Å²) in [5.74, 6) is 0. The standard InChI is InChI=1S/C15H24N2O2S/c1-20(18,19)15-9-5-8-14(15)17(11-10-16)12-13-6-3-2-4-7-13/h2-4,6-7,14-15H,5,8-12,16H2,1H3. The topological polar surface area (TPSA) is 63.4 Å². The first-order valence-corrected chi connectivity index (χ1v) is 9.14. The number of sulfone groups is 1. The summed E-state index contributed by atoms with van der Waals surface area (Å²) in [4.78, 5) is 2.24. The van der Waals surface area contributed by atoms with Crippen molar-refractivity contribution < 1.29 is 8.42 Å². The second-order valence-electron chi connectivity index (χ2n) is 5.61. The fourth-order valence-electron chi connectivity index (χ4n) is 3.17. The third kappa shape index (κ3) is 3.81. The number of hydrogen-bond donors (Lipinski definition) is 1. The molecule has 1 aliphatic carbocycles. The minimum Gasteiger partial charge on any atom is -0.329 e. The van der Waals surface area contributed by atoms with Gasteiger partial charge in [0.15, 0.2) is 9.84 Å². The van der Waals surface area contributed by atoms with E-state index in [1.54, 1.807) is 0 Å². The molecule has 0 saturated heterocycles. The fourth-order valence-corrected chi connectivity index (χ4v) is 4.64. The molecule has 0 radical (unpaired) electrons. The Kier molecular flexibility index (Phi) is 5.18. The molecule has 1 aromatic rings. The number of hydrogen-bond acceptors (Lipinski definition) is 4. The van der Waals surface area contributed by atoms with Crippen LogP contribution >= 0.6 is 0 Å².